The van der Waals surface area contributed by atoms with Gasteiger partial charge in [-0.15, -0.1) is 0 Å². The Morgan fingerprint density at radius 3 is 1.22 bits per heavy atom. The van der Waals surface area contributed by atoms with Gasteiger partial charge in [-0.3, -0.25) is 0 Å². The first-order valence-electron chi connectivity index (χ1n) is 50.6. The van der Waals surface area contributed by atoms with E-state index in [0.717, 1.165) is 117 Å². The molecule has 682 valence electrons. The highest BCUT2D eigenvalue weighted by molar-refractivity contribution is 6.74. The largest absolute Gasteiger partial charge is 0.355 e. The third-order valence-electron chi connectivity index (χ3n) is 32.9. The SMILES string of the molecule is Cc1cc2c(cc1Nc1ccc(-c3ccc(-c4cccc(-c5ccc(N6c7ccc(N(c8ccccc8)c8ccccc8)cc7Bc7c(-c8ccccc8Nc8cccc(-c9ccccc9)c8)cc8c(c76)-c6ccccc6C8(C)C)c(C)c5)c4)cc3)cc1-c1cc3c(c4c1Bc1ccc(-c5ccccc5)cc1N4c1cc4c(cc1C)C(C)(C)CCC4(C)C)-c1ccccc1C3(C)C)C(C)(C)CCC2(C)C. The van der Waals surface area contributed by atoms with Crippen LogP contribution in [0, 0.1) is 20.8 Å². The van der Waals surface area contributed by atoms with Gasteiger partial charge in [-0.1, -0.05) is 349 Å². The number of fused-ring (bicyclic) bond motifs is 14. The summed E-state index contributed by atoms with van der Waals surface area (Å²) in [5.41, 5.74) is 56.4. The maximum absolute atomic E-state index is 4.30. The molecule has 0 spiro atoms. The van der Waals surface area contributed by atoms with Crippen LogP contribution in [0.4, 0.5) is 73.9 Å². The molecule has 6 aliphatic rings. The normalized spacial score (nSPS) is 15.6. The maximum Gasteiger partial charge on any atom is 0.198 e. The van der Waals surface area contributed by atoms with Crippen molar-refractivity contribution in [3.05, 3.63) is 437 Å². The predicted molar refractivity (Wildman–Crippen MR) is 601 cm³/mol. The molecular weight excluding hydrogens is 1690 g/mol. The Balaban J connectivity index is 0.641. The summed E-state index contributed by atoms with van der Waals surface area (Å²) >= 11 is 0. The van der Waals surface area contributed by atoms with Crippen LogP contribution in [0.2, 0.25) is 0 Å². The van der Waals surface area contributed by atoms with Crippen molar-refractivity contribution in [1.82, 2.24) is 0 Å². The average Bonchev–Trinajstić information content (AvgIpc) is 1.50. The molecule has 7 heteroatoms. The molecule has 0 bridgehead atoms. The summed E-state index contributed by atoms with van der Waals surface area (Å²) < 4.78 is 0. The van der Waals surface area contributed by atoms with E-state index >= 15 is 0 Å². The topological polar surface area (TPSA) is 33.8 Å². The Bertz CT molecular complexity index is 8040. The summed E-state index contributed by atoms with van der Waals surface area (Å²) in [7, 11) is 1.45. The van der Waals surface area contributed by atoms with E-state index < -0.39 is 0 Å². The van der Waals surface area contributed by atoms with Crippen molar-refractivity contribution in [3.8, 4) is 100 Å². The third-order valence-corrected chi connectivity index (χ3v) is 32.9. The standard InChI is InChI=1S/C133H119B2N5/c1-82-71-107-109(130(8,9)68-66-128(107,4)5)80-117(82)137-116-63-59-93(75-102(116)104-79-112-123(101-50-29-32-52-106(101)133(112,14)15)127-125(104)134-113-62-58-94(86-38-22-17-23-39-86)76-121(113)140(127)120-81-110-108(72-84(120)3)129(6,7)67-69-131(110,10)11)88-56-54-87(55-57-88)89-40-34-41-90(73-89)92-60-64-118(83(2)70-92)139-119-65-61-98(138(96-44-24-18-25-45-96)97-46-26-19-27-47-97)77-114(119)135-124-103(78-111-122(126(124)139)100-49-28-31-51-105(100)132(111,12)13)99-48-30-33-53-115(99)136-95-43-35-42-91(74-95)85-36-20-16-21-37-85/h16-65,70-81,134-137H,66-69H2,1-15H3. The van der Waals surface area contributed by atoms with Crippen LogP contribution in [0.5, 0.6) is 0 Å². The zero-order valence-electron chi connectivity index (χ0n) is 83.4. The van der Waals surface area contributed by atoms with Crippen LogP contribution >= 0.6 is 0 Å². The van der Waals surface area contributed by atoms with Gasteiger partial charge in [0, 0.05) is 107 Å². The van der Waals surface area contributed by atoms with Gasteiger partial charge in [0.05, 0.1) is 0 Å². The van der Waals surface area contributed by atoms with Crippen LogP contribution in [0.1, 0.15) is 170 Å². The highest BCUT2D eigenvalue weighted by Crippen LogP contribution is 2.61. The molecule has 4 aliphatic carbocycles. The Morgan fingerprint density at radius 1 is 0.236 bits per heavy atom. The van der Waals surface area contributed by atoms with E-state index in [-0.39, 0.29) is 32.5 Å². The minimum Gasteiger partial charge on any atom is -0.355 e. The van der Waals surface area contributed by atoms with E-state index in [2.05, 4.69) is 505 Å². The molecule has 2 aliphatic heterocycles. The van der Waals surface area contributed by atoms with Gasteiger partial charge in [-0.25, -0.2) is 0 Å². The predicted octanol–water partition coefficient (Wildman–Crippen LogP) is 32.9. The number of aryl methyl sites for hydroxylation is 3. The Kier molecular flexibility index (Phi) is 20.8. The average molecular weight is 1810 g/mol. The molecule has 0 atom stereocenters. The van der Waals surface area contributed by atoms with E-state index in [1.807, 2.05) is 0 Å². The van der Waals surface area contributed by atoms with Gasteiger partial charge in [0.15, 0.2) is 14.6 Å². The van der Waals surface area contributed by atoms with Crippen LogP contribution in [0.3, 0.4) is 0 Å². The lowest BCUT2D eigenvalue weighted by Gasteiger charge is -2.44. The van der Waals surface area contributed by atoms with Gasteiger partial charge in [0.1, 0.15) is 0 Å². The number of rotatable bonds is 16. The molecule has 2 N–H and O–H groups in total. The quantitative estimate of drug-likeness (QED) is 0.0943. The van der Waals surface area contributed by atoms with Crippen LogP contribution in [-0.4, -0.2) is 14.6 Å². The van der Waals surface area contributed by atoms with Crippen molar-refractivity contribution in [1.29, 1.82) is 0 Å². The van der Waals surface area contributed by atoms with Crippen molar-refractivity contribution in [2.24, 2.45) is 0 Å². The molecule has 0 amide bonds. The Labute approximate surface area is 829 Å². The van der Waals surface area contributed by atoms with E-state index in [1.165, 1.54) is 173 Å². The van der Waals surface area contributed by atoms with Crippen LogP contribution in [0.25, 0.3) is 100 Å². The van der Waals surface area contributed by atoms with E-state index in [0.29, 0.717) is 7.28 Å². The number of hydrogen-bond acceptors (Lipinski definition) is 5. The van der Waals surface area contributed by atoms with Crippen LogP contribution < -0.4 is 47.2 Å². The fourth-order valence-corrected chi connectivity index (χ4v) is 24.8. The van der Waals surface area contributed by atoms with Crippen LogP contribution in [0.15, 0.2) is 376 Å². The molecule has 5 nitrogen and oxygen atoms in total. The number of anilines is 13. The molecule has 0 fully saturated rings. The molecule has 18 aromatic rings. The van der Waals surface area contributed by atoms with Crippen molar-refractivity contribution < 1.29 is 0 Å². The number of benzene rings is 18. The molecule has 0 saturated carbocycles. The van der Waals surface area contributed by atoms with Crippen molar-refractivity contribution >= 4 is 110 Å². The smallest absolute Gasteiger partial charge is 0.198 e. The van der Waals surface area contributed by atoms with Crippen molar-refractivity contribution in [2.45, 2.75) is 162 Å². The summed E-state index contributed by atoms with van der Waals surface area (Å²) in [4.78, 5) is 7.82. The second-order valence-electron chi connectivity index (χ2n) is 44.3. The van der Waals surface area contributed by atoms with Gasteiger partial charge < -0.3 is 25.3 Å². The van der Waals surface area contributed by atoms with E-state index in [4.69, 9.17) is 0 Å². The molecule has 0 saturated heterocycles. The zero-order chi connectivity index (χ0) is 95.8. The second-order valence-corrected chi connectivity index (χ2v) is 44.3. The number of hydrogen-bond donors (Lipinski definition) is 2. The van der Waals surface area contributed by atoms with Crippen LogP contribution in [-0.2, 0) is 32.5 Å². The van der Waals surface area contributed by atoms with E-state index in [1.54, 1.807) is 0 Å². The fourth-order valence-electron chi connectivity index (χ4n) is 24.8. The fraction of sp³-hybridized carbons (Fsp3) is 0.188. The van der Waals surface area contributed by atoms with Crippen molar-refractivity contribution in [2.75, 3.05) is 25.3 Å². The third kappa shape index (κ3) is 14.6. The highest BCUT2D eigenvalue weighted by atomic mass is 15.2. The highest BCUT2D eigenvalue weighted by Gasteiger charge is 2.47. The first kappa shape index (κ1) is 87.8. The van der Waals surface area contributed by atoms with Crippen molar-refractivity contribution in [3.63, 3.8) is 0 Å². The summed E-state index contributed by atoms with van der Waals surface area (Å²) in [6.45, 7) is 36.6. The zero-order valence-corrected chi connectivity index (χ0v) is 83.4. The van der Waals surface area contributed by atoms with Gasteiger partial charge in [-0.05, 0) is 339 Å². The lowest BCUT2D eigenvalue weighted by molar-refractivity contribution is 0.332. The molecule has 0 aromatic heterocycles. The first-order valence-corrected chi connectivity index (χ1v) is 50.6. The number of nitrogens with one attached hydrogen (secondary N) is 2. The molecule has 18 aromatic carbocycles. The van der Waals surface area contributed by atoms with Gasteiger partial charge in [-0.2, -0.15) is 0 Å². The molecule has 24 rings (SSSR count). The minimum atomic E-state index is -0.338. The number of para-hydroxylation sites is 3. The molecule has 140 heavy (non-hydrogen) atoms. The van der Waals surface area contributed by atoms with Gasteiger partial charge in [0.25, 0.3) is 0 Å². The Hall–Kier alpha value is -14.9. The summed E-state index contributed by atoms with van der Waals surface area (Å²) in [6.07, 6.45) is 4.58. The first-order chi connectivity index (χ1) is 67.6. The lowest BCUT2D eigenvalue weighted by atomic mass is 9.56. The lowest BCUT2D eigenvalue weighted by Crippen LogP contribution is -2.42. The second kappa shape index (κ2) is 33.2. The van der Waals surface area contributed by atoms with Gasteiger partial charge in [0.2, 0.25) is 0 Å². The number of nitrogens with zero attached hydrogens (tertiary/aromatic N) is 3. The molecule has 0 radical (unpaired) electrons. The minimum absolute atomic E-state index is 0.0144. The summed E-state index contributed by atoms with van der Waals surface area (Å²) in [6, 6.07) is 143. The molecule has 0 unspecified atom stereocenters. The molecule has 2 heterocycles. The monoisotopic (exact) mass is 1810 g/mol. The Morgan fingerprint density at radius 2 is 0.643 bits per heavy atom. The van der Waals surface area contributed by atoms with Gasteiger partial charge >= 0.3 is 0 Å². The molecular formula is C133H119B2N5. The summed E-state index contributed by atoms with van der Waals surface area (Å²) in [5.74, 6) is 0. The summed E-state index contributed by atoms with van der Waals surface area (Å²) in [5, 5.41) is 8.31. The van der Waals surface area contributed by atoms with E-state index in [9.17, 15) is 0 Å². The maximum atomic E-state index is 4.30.